The molecule has 1 unspecified atom stereocenters. The van der Waals surface area contributed by atoms with E-state index >= 15 is 0 Å². The number of hydrogen-bond donors (Lipinski definition) is 2. The molecule has 0 aromatic carbocycles. The number of anilines is 1. The minimum Gasteiger partial charge on any atom is -0.478 e. The third-order valence-corrected chi connectivity index (χ3v) is 2.16. The van der Waals surface area contributed by atoms with Crippen LogP contribution in [-0.2, 0) is 0 Å². The highest BCUT2D eigenvalue weighted by atomic mass is 16.5. The predicted molar refractivity (Wildman–Crippen MR) is 66.8 cm³/mol. The Morgan fingerprint density at radius 1 is 1.50 bits per heavy atom. The maximum absolute atomic E-state index is 5.67. The van der Waals surface area contributed by atoms with Crippen LogP contribution in [0.1, 0.15) is 26.7 Å². The molecule has 16 heavy (non-hydrogen) atoms. The summed E-state index contributed by atoms with van der Waals surface area (Å²) >= 11 is 0. The number of nitrogens with two attached hydrogens (primary N) is 1. The second kappa shape index (κ2) is 7.06. The Balaban J connectivity index is 2.33. The highest BCUT2D eigenvalue weighted by Gasteiger charge is 1.98. The lowest BCUT2D eigenvalue weighted by atomic mass is 10.2. The maximum atomic E-state index is 5.67. The fourth-order valence-electron chi connectivity index (χ4n) is 1.38. The van der Waals surface area contributed by atoms with Crippen molar-refractivity contribution in [2.24, 2.45) is 5.73 Å². The summed E-state index contributed by atoms with van der Waals surface area (Å²) in [6, 6.07) is 6.00. The number of rotatable bonds is 7. The Bertz CT molecular complexity index is 302. The first-order chi connectivity index (χ1) is 7.72. The van der Waals surface area contributed by atoms with Crippen LogP contribution in [0.3, 0.4) is 0 Å². The predicted octanol–water partition coefficient (Wildman–Crippen LogP) is 2.02. The summed E-state index contributed by atoms with van der Waals surface area (Å²) < 4.78 is 5.32. The van der Waals surface area contributed by atoms with E-state index in [0.29, 0.717) is 12.5 Å². The molecule has 1 rings (SSSR count). The van der Waals surface area contributed by atoms with Crippen molar-refractivity contribution in [1.82, 2.24) is 4.98 Å². The lowest BCUT2D eigenvalue weighted by Gasteiger charge is -2.08. The van der Waals surface area contributed by atoms with Crippen molar-refractivity contribution in [3.63, 3.8) is 0 Å². The van der Waals surface area contributed by atoms with Gasteiger partial charge in [0, 0.05) is 18.7 Å². The van der Waals surface area contributed by atoms with Crippen LogP contribution in [0.15, 0.2) is 18.2 Å². The highest BCUT2D eigenvalue weighted by molar-refractivity contribution is 5.36. The van der Waals surface area contributed by atoms with Gasteiger partial charge in [-0.05, 0) is 32.8 Å². The van der Waals surface area contributed by atoms with Crippen molar-refractivity contribution in [2.45, 2.75) is 32.7 Å². The first-order valence-corrected chi connectivity index (χ1v) is 5.81. The first-order valence-electron chi connectivity index (χ1n) is 5.81. The Kier molecular flexibility index (Phi) is 5.64. The van der Waals surface area contributed by atoms with E-state index in [9.17, 15) is 0 Å². The van der Waals surface area contributed by atoms with E-state index in [4.69, 9.17) is 10.5 Å². The SMILES string of the molecule is CCOc1cccc(NCCCC(C)N)n1. The second-order valence-electron chi connectivity index (χ2n) is 3.84. The Labute approximate surface area is 97.2 Å². The fraction of sp³-hybridized carbons (Fsp3) is 0.583. The van der Waals surface area contributed by atoms with Gasteiger partial charge in [0.15, 0.2) is 0 Å². The summed E-state index contributed by atoms with van der Waals surface area (Å²) in [4.78, 5) is 4.31. The Morgan fingerprint density at radius 3 is 3.00 bits per heavy atom. The van der Waals surface area contributed by atoms with E-state index in [1.54, 1.807) is 0 Å². The smallest absolute Gasteiger partial charge is 0.215 e. The van der Waals surface area contributed by atoms with Gasteiger partial charge in [-0.15, -0.1) is 0 Å². The first kappa shape index (κ1) is 12.8. The summed E-state index contributed by atoms with van der Waals surface area (Å²) in [5.41, 5.74) is 5.67. The molecule has 0 aliphatic carbocycles. The maximum Gasteiger partial charge on any atom is 0.215 e. The summed E-state index contributed by atoms with van der Waals surface area (Å²) in [6.07, 6.45) is 2.08. The fourth-order valence-corrected chi connectivity index (χ4v) is 1.38. The molecule has 0 radical (unpaired) electrons. The molecule has 0 amide bonds. The Morgan fingerprint density at radius 2 is 2.31 bits per heavy atom. The van der Waals surface area contributed by atoms with Gasteiger partial charge < -0.3 is 15.8 Å². The minimum absolute atomic E-state index is 0.268. The van der Waals surface area contributed by atoms with Crippen LogP contribution in [-0.4, -0.2) is 24.2 Å². The summed E-state index contributed by atoms with van der Waals surface area (Å²) in [5.74, 6) is 1.52. The van der Waals surface area contributed by atoms with Gasteiger partial charge in [0.2, 0.25) is 5.88 Å². The topological polar surface area (TPSA) is 60.2 Å². The molecule has 0 saturated heterocycles. The number of aromatic nitrogens is 1. The van der Waals surface area contributed by atoms with Gasteiger partial charge in [-0.2, -0.15) is 4.98 Å². The van der Waals surface area contributed by atoms with Crippen molar-refractivity contribution in [3.8, 4) is 5.88 Å². The van der Waals surface area contributed by atoms with Crippen molar-refractivity contribution in [3.05, 3.63) is 18.2 Å². The van der Waals surface area contributed by atoms with E-state index < -0.39 is 0 Å². The molecule has 0 aliphatic heterocycles. The van der Waals surface area contributed by atoms with Crippen LogP contribution in [0.25, 0.3) is 0 Å². The van der Waals surface area contributed by atoms with Crippen molar-refractivity contribution < 1.29 is 4.74 Å². The van der Waals surface area contributed by atoms with Crippen molar-refractivity contribution >= 4 is 5.82 Å². The molecule has 0 saturated carbocycles. The molecule has 4 nitrogen and oxygen atoms in total. The minimum atomic E-state index is 0.268. The zero-order chi connectivity index (χ0) is 11.8. The standard InChI is InChI=1S/C12H21N3O/c1-3-16-12-8-4-7-11(15-12)14-9-5-6-10(2)13/h4,7-8,10H,3,5-6,9,13H2,1-2H3,(H,14,15). The lowest BCUT2D eigenvalue weighted by molar-refractivity contribution is 0.327. The van der Waals surface area contributed by atoms with Gasteiger partial charge in [0.25, 0.3) is 0 Å². The van der Waals surface area contributed by atoms with E-state index in [-0.39, 0.29) is 6.04 Å². The molecule has 0 bridgehead atoms. The third kappa shape index (κ3) is 4.98. The molecule has 90 valence electrons. The normalized spacial score (nSPS) is 12.2. The van der Waals surface area contributed by atoms with Gasteiger partial charge in [-0.1, -0.05) is 6.07 Å². The summed E-state index contributed by atoms with van der Waals surface area (Å²) in [5, 5.41) is 3.25. The molecule has 0 spiro atoms. The second-order valence-corrected chi connectivity index (χ2v) is 3.84. The van der Waals surface area contributed by atoms with Crippen LogP contribution in [0.5, 0.6) is 5.88 Å². The number of pyridine rings is 1. The molecule has 1 heterocycles. The van der Waals surface area contributed by atoms with Gasteiger partial charge >= 0.3 is 0 Å². The zero-order valence-corrected chi connectivity index (χ0v) is 10.1. The largest absolute Gasteiger partial charge is 0.478 e. The molecule has 4 heteroatoms. The quantitative estimate of drug-likeness (QED) is 0.694. The molecule has 1 atom stereocenters. The molecular formula is C12H21N3O. The molecule has 0 fully saturated rings. The Hall–Kier alpha value is -1.29. The number of nitrogens with one attached hydrogen (secondary N) is 1. The van der Waals surface area contributed by atoms with Gasteiger partial charge in [0.1, 0.15) is 5.82 Å². The molecule has 3 N–H and O–H groups in total. The average Bonchev–Trinajstić information content (AvgIpc) is 2.25. The van der Waals surface area contributed by atoms with Crippen molar-refractivity contribution in [2.75, 3.05) is 18.5 Å². The van der Waals surface area contributed by atoms with E-state index in [1.165, 1.54) is 0 Å². The monoisotopic (exact) mass is 223 g/mol. The van der Waals surface area contributed by atoms with Crippen LogP contribution in [0, 0.1) is 0 Å². The average molecular weight is 223 g/mol. The van der Waals surface area contributed by atoms with Crippen molar-refractivity contribution in [1.29, 1.82) is 0 Å². The van der Waals surface area contributed by atoms with Crippen LogP contribution in [0.2, 0.25) is 0 Å². The summed E-state index contributed by atoms with van der Waals surface area (Å²) in [7, 11) is 0. The van der Waals surface area contributed by atoms with Gasteiger partial charge in [0.05, 0.1) is 6.61 Å². The van der Waals surface area contributed by atoms with Crippen LogP contribution < -0.4 is 15.8 Å². The van der Waals surface area contributed by atoms with E-state index in [1.807, 2.05) is 32.0 Å². The molecule has 0 aliphatic rings. The van der Waals surface area contributed by atoms with E-state index in [2.05, 4.69) is 10.3 Å². The highest BCUT2D eigenvalue weighted by Crippen LogP contribution is 2.11. The molecule has 1 aromatic heterocycles. The number of nitrogens with zero attached hydrogens (tertiary/aromatic N) is 1. The van der Waals surface area contributed by atoms with Gasteiger partial charge in [-0.25, -0.2) is 0 Å². The third-order valence-electron chi connectivity index (χ3n) is 2.16. The molecule has 1 aromatic rings. The van der Waals surface area contributed by atoms with E-state index in [0.717, 1.165) is 25.2 Å². The lowest BCUT2D eigenvalue weighted by Crippen LogP contribution is -2.16. The van der Waals surface area contributed by atoms with Crippen LogP contribution >= 0.6 is 0 Å². The number of ether oxygens (including phenoxy) is 1. The molecular weight excluding hydrogens is 202 g/mol. The number of hydrogen-bond acceptors (Lipinski definition) is 4. The van der Waals surface area contributed by atoms with Gasteiger partial charge in [-0.3, -0.25) is 0 Å². The summed E-state index contributed by atoms with van der Waals surface area (Å²) in [6.45, 7) is 5.50. The van der Waals surface area contributed by atoms with Crippen LogP contribution in [0.4, 0.5) is 5.82 Å². The zero-order valence-electron chi connectivity index (χ0n) is 10.1.